The molecular formula is C12H20B. The summed E-state index contributed by atoms with van der Waals surface area (Å²) in [7, 11) is 0. The zero-order valence-corrected chi connectivity index (χ0v) is 8.22. The molecule has 3 radical (unpaired) electrons. The topological polar surface area (TPSA) is 0 Å². The molecule has 0 unspecified atom stereocenters. The minimum Gasteiger partial charge on any atom is -0.0776 e. The van der Waals surface area contributed by atoms with Gasteiger partial charge in [-0.15, -0.1) is 0 Å². The van der Waals surface area contributed by atoms with Crippen molar-refractivity contribution < 1.29 is 0 Å². The quantitative estimate of drug-likeness (QED) is 0.604. The molecule has 0 nitrogen and oxygen atoms in total. The lowest BCUT2D eigenvalue weighted by Crippen LogP contribution is -1.87. The fourth-order valence-corrected chi connectivity index (χ4v) is 1.36. The predicted octanol–water partition coefficient (Wildman–Crippen LogP) is 3.38. The summed E-state index contributed by atoms with van der Waals surface area (Å²) < 4.78 is 0. The molecule has 0 amide bonds. The highest BCUT2D eigenvalue weighted by atomic mass is 14.0. The molecule has 0 aliphatic heterocycles. The Morgan fingerprint density at radius 3 is 1.62 bits per heavy atom. The molecule has 0 N–H and O–H groups in total. The van der Waals surface area contributed by atoms with Crippen molar-refractivity contribution in [1.82, 2.24) is 0 Å². The van der Waals surface area contributed by atoms with Gasteiger partial charge in [0.1, 0.15) is 0 Å². The lowest BCUT2D eigenvalue weighted by Gasteiger charge is -2.02. The maximum absolute atomic E-state index is 2.30. The van der Waals surface area contributed by atoms with E-state index >= 15 is 0 Å². The Labute approximate surface area is 84.9 Å². The molecule has 0 saturated heterocycles. The fraction of sp³-hybridized carbons (Fsp3) is 0.500. The lowest BCUT2D eigenvalue weighted by atomic mass is 10.0. The standard InChI is InChI=1S/C11H16.CH4.B/c1-4-10-6-9(3)7-11(5-2)8-10;;/h6-8H,4-5H2,1-3H3;1H4;. The molecule has 0 heterocycles. The van der Waals surface area contributed by atoms with Crippen LogP contribution in [0.5, 0.6) is 0 Å². The monoisotopic (exact) mass is 175 g/mol. The van der Waals surface area contributed by atoms with E-state index < -0.39 is 0 Å². The van der Waals surface area contributed by atoms with Gasteiger partial charge in [-0.1, -0.05) is 45.0 Å². The zero-order chi connectivity index (χ0) is 8.27. The van der Waals surface area contributed by atoms with Crippen LogP contribution in [0.2, 0.25) is 0 Å². The summed E-state index contributed by atoms with van der Waals surface area (Å²) in [5, 5.41) is 0. The van der Waals surface area contributed by atoms with Crippen molar-refractivity contribution >= 4 is 8.41 Å². The fourth-order valence-electron chi connectivity index (χ4n) is 1.36. The van der Waals surface area contributed by atoms with E-state index in [-0.39, 0.29) is 15.8 Å². The average molecular weight is 175 g/mol. The Bertz CT molecular complexity index is 219. The van der Waals surface area contributed by atoms with E-state index in [1.54, 1.807) is 0 Å². The molecule has 0 aromatic heterocycles. The highest BCUT2D eigenvalue weighted by Gasteiger charge is 1.94. The van der Waals surface area contributed by atoms with Crippen molar-refractivity contribution in [2.75, 3.05) is 0 Å². The summed E-state index contributed by atoms with van der Waals surface area (Å²) in [6.07, 6.45) is 2.30. The Morgan fingerprint density at radius 1 is 0.923 bits per heavy atom. The molecule has 0 aliphatic rings. The van der Waals surface area contributed by atoms with Crippen LogP contribution in [0.4, 0.5) is 0 Å². The highest BCUT2D eigenvalue weighted by Crippen LogP contribution is 2.10. The van der Waals surface area contributed by atoms with Crippen LogP contribution in [0.1, 0.15) is 38.0 Å². The first-order valence-electron chi connectivity index (χ1n) is 4.35. The Kier molecular flexibility index (Phi) is 7.69. The molecule has 0 aliphatic carbocycles. The summed E-state index contributed by atoms with van der Waals surface area (Å²) in [4.78, 5) is 0. The first-order chi connectivity index (χ1) is 5.26. The molecule has 1 heteroatoms. The van der Waals surface area contributed by atoms with Gasteiger partial charge in [-0.25, -0.2) is 0 Å². The van der Waals surface area contributed by atoms with E-state index in [9.17, 15) is 0 Å². The minimum absolute atomic E-state index is 0. The molecule has 0 atom stereocenters. The van der Waals surface area contributed by atoms with Crippen molar-refractivity contribution in [3.05, 3.63) is 34.9 Å². The van der Waals surface area contributed by atoms with Crippen molar-refractivity contribution in [2.24, 2.45) is 0 Å². The van der Waals surface area contributed by atoms with Crippen LogP contribution in [0.3, 0.4) is 0 Å². The van der Waals surface area contributed by atoms with E-state index in [1.165, 1.54) is 16.7 Å². The van der Waals surface area contributed by atoms with Crippen LogP contribution in [0, 0.1) is 6.92 Å². The van der Waals surface area contributed by atoms with E-state index in [4.69, 9.17) is 0 Å². The normalized spacial score (nSPS) is 8.54. The molecule has 1 rings (SSSR count). The smallest absolute Gasteiger partial charge is 0 e. The molecule has 1 aromatic carbocycles. The minimum atomic E-state index is 0. The second kappa shape index (κ2) is 6.76. The third-order valence-corrected chi connectivity index (χ3v) is 2.01. The first kappa shape index (κ1) is 14.8. The maximum Gasteiger partial charge on any atom is 0 e. The van der Waals surface area contributed by atoms with Gasteiger partial charge in [0, 0.05) is 8.41 Å². The van der Waals surface area contributed by atoms with Crippen LogP contribution in [0.15, 0.2) is 18.2 Å². The van der Waals surface area contributed by atoms with Gasteiger partial charge >= 0.3 is 0 Å². The molecular weight excluding hydrogens is 155 g/mol. The summed E-state index contributed by atoms with van der Waals surface area (Å²) in [6.45, 7) is 6.57. The average Bonchev–Trinajstić information content (AvgIpc) is 2.03. The Morgan fingerprint density at radius 2 is 1.31 bits per heavy atom. The summed E-state index contributed by atoms with van der Waals surface area (Å²) in [5.74, 6) is 0. The van der Waals surface area contributed by atoms with Crippen LogP contribution in [0.25, 0.3) is 0 Å². The van der Waals surface area contributed by atoms with Gasteiger partial charge < -0.3 is 0 Å². The van der Waals surface area contributed by atoms with Crippen molar-refractivity contribution in [2.45, 2.75) is 41.0 Å². The van der Waals surface area contributed by atoms with Gasteiger partial charge in [-0.05, 0) is 30.9 Å². The summed E-state index contributed by atoms with van der Waals surface area (Å²) in [6, 6.07) is 6.82. The summed E-state index contributed by atoms with van der Waals surface area (Å²) >= 11 is 0. The molecule has 71 valence electrons. The van der Waals surface area contributed by atoms with E-state index in [0.717, 1.165) is 12.8 Å². The number of rotatable bonds is 2. The molecule has 0 spiro atoms. The lowest BCUT2D eigenvalue weighted by molar-refractivity contribution is 1.08. The largest absolute Gasteiger partial charge is 0.0776 e. The predicted molar refractivity (Wildman–Crippen MR) is 62.4 cm³/mol. The van der Waals surface area contributed by atoms with Gasteiger partial charge in [-0.2, -0.15) is 0 Å². The molecule has 1 aromatic rings. The van der Waals surface area contributed by atoms with Crippen LogP contribution in [-0.2, 0) is 12.8 Å². The third kappa shape index (κ3) is 4.16. The van der Waals surface area contributed by atoms with Gasteiger partial charge in [0.15, 0.2) is 0 Å². The Balaban J connectivity index is 0. The van der Waals surface area contributed by atoms with Crippen molar-refractivity contribution in [1.29, 1.82) is 0 Å². The van der Waals surface area contributed by atoms with E-state index in [1.807, 2.05) is 0 Å². The maximum atomic E-state index is 2.30. The highest BCUT2D eigenvalue weighted by molar-refractivity contribution is 5.75. The van der Waals surface area contributed by atoms with E-state index in [0.29, 0.717) is 0 Å². The van der Waals surface area contributed by atoms with Gasteiger partial charge in [0.2, 0.25) is 0 Å². The molecule has 0 bridgehead atoms. The molecule has 0 saturated carbocycles. The Hall–Kier alpha value is -0.715. The van der Waals surface area contributed by atoms with Crippen LogP contribution in [-0.4, -0.2) is 8.41 Å². The molecule has 0 fully saturated rings. The number of aryl methyl sites for hydroxylation is 3. The van der Waals surface area contributed by atoms with Crippen LogP contribution < -0.4 is 0 Å². The SMILES string of the molecule is C.CCc1cc(C)cc(CC)c1.[B]. The van der Waals surface area contributed by atoms with Gasteiger partial charge in [-0.3, -0.25) is 0 Å². The van der Waals surface area contributed by atoms with Crippen molar-refractivity contribution in [3.8, 4) is 0 Å². The first-order valence-corrected chi connectivity index (χ1v) is 4.35. The number of hydrogen-bond acceptors (Lipinski definition) is 0. The second-order valence-electron chi connectivity index (χ2n) is 3.03. The summed E-state index contributed by atoms with van der Waals surface area (Å²) in [5.41, 5.74) is 4.31. The number of benzene rings is 1. The van der Waals surface area contributed by atoms with Crippen LogP contribution >= 0.6 is 0 Å². The third-order valence-electron chi connectivity index (χ3n) is 2.01. The van der Waals surface area contributed by atoms with E-state index in [2.05, 4.69) is 39.0 Å². The second-order valence-corrected chi connectivity index (χ2v) is 3.03. The number of hydrogen-bond donors (Lipinski definition) is 0. The van der Waals surface area contributed by atoms with Crippen molar-refractivity contribution in [3.63, 3.8) is 0 Å². The zero-order valence-electron chi connectivity index (χ0n) is 8.22. The molecule has 13 heavy (non-hydrogen) atoms. The van der Waals surface area contributed by atoms with Gasteiger partial charge in [0.05, 0.1) is 0 Å². The van der Waals surface area contributed by atoms with Gasteiger partial charge in [0.25, 0.3) is 0 Å².